The van der Waals surface area contributed by atoms with E-state index in [1.54, 1.807) is 6.92 Å². The molecule has 0 aromatic carbocycles. The molecule has 2 rings (SSSR count). The number of methoxy groups -OCH3 is 1. The summed E-state index contributed by atoms with van der Waals surface area (Å²) in [5.74, 6) is -0.323. The maximum atomic E-state index is 12.4. The van der Waals surface area contributed by atoms with E-state index in [0.29, 0.717) is 6.54 Å². The van der Waals surface area contributed by atoms with E-state index in [1.807, 2.05) is 13.8 Å². The lowest BCUT2D eigenvalue weighted by Crippen LogP contribution is -2.63. The largest absolute Gasteiger partial charge is 0.467 e. The van der Waals surface area contributed by atoms with E-state index < -0.39 is 12.0 Å². The second-order valence-electron chi connectivity index (χ2n) is 5.14. The number of fused-ring (bicyclic) bond motifs is 1. The molecule has 0 unspecified atom stereocenters. The Morgan fingerprint density at radius 1 is 1.56 bits per heavy atom. The van der Waals surface area contributed by atoms with Gasteiger partial charge in [0, 0.05) is 6.54 Å². The van der Waals surface area contributed by atoms with E-state index in [-0.39, 0.29) is 30.2 Å². The third-order valence-electron chi connectivity index (χ3n) is 3.57. The van der Waals surface area contributed by atoms with Gasteiger partial charge in [0.15, 0.2) is 6.04 Å². The molecule has 0 aliphatic carbocycles. The van der Waals surface area contributed by atoms with Crippen molar-refractivity contribution in [2.24, 2.45) is 5.92 Å². The number of carbonyl (C=O) groups is 2. The molecule has 0 saturated carbocycles. The Hall–Kier alpha value is -1.14. The molecule has 6 nitrogen and oxygen atoms in total. The van der Waals surface area contributed by atoms with Crippen molar-refractivity contribution in [3.63, 3.8) is 0 Å². The Bertz CT molecular complexity index is 358. The van der Waals surface area contributed by atoms with Gasteiger partial charge in [-0.15, -0.1) is 0 Å². The summed E-state index contributed by atoms with van der Waals surface area (Å²) in [4.78, 5) is 25.7. The molecule has 0 bridgehead atoms. The van der Waals surface area contributed by atoms with E-state index >= 15 is 0 Å². The number of nitrogens with one attached hydrogen (secondary N) is 1. The second-order valence-corrected chi connectivity index (χ2v) is 5.14. The first-order chi connectivity index (χ1) is 8.47. The molecule has 0 spiro atoms. The maximum Gasteiger partial charge on any atom is 0.331 e. The molecule has 18 heavy (non-hydrogen) atoms. The normalized spacial score (nSPS) is 35.8. The van der Waals surface area contributed by atoms with Crippen LogP contribution in [0.1, 0.15) is 20.8 Å². The molecule has 1 amide bonds. The zero-order valence-corrected chi connectivity index (χ0v) is 11.2. The van der Waals surface area contributed by atoms with Gasteiger partial charge >= 0.3 is 5.97 Å². The summed E-state index contributed by atoms with van der Waals surface area (Å²) < 4.78 is 10.4. The van der Waals surface area contributed by atoms with E-state index in [0.717, 1.165) is 0 Å². The Labute approximate surface area is 107 Å². The molecule has 2 fully saturated rings. The van der Waals surface area contributed by atoms with Gasteiger partial charge in [-0.05, 0) is 12.8 Å². The summed E-state index contributed by atoms with van der Waals surface area (Å²) in [7, 11) is 1.33. The zero-order chi connectivity index (χ0) is 13.4. The fraction of sp³-hybridized carbons (Fsp3) is 0.833. The van der Waals surface area contributed by atoms with Crippen LogP contribution < -0.4 is 5.32 Å². The molecular weight excluding hydrogens is 236 g/mol. The minimum absolute atomic E-state index is 0.0824. The number of esters is 1. The van der Waals surface area contributed by atoms with Gasteiger partial charge in [0.05, 0.1) is 19.3 Å². The average Bonchev–Trinajstić information content (AvgIpc) is 2.65. The summed E-state index contributed by atoms with van der Waals surface area (Å²) in [6, 6.07) is -0.891. The number of hydrogen-bond donors (Lipinski definition) is 1. The van der Waals surface area contributed by atoms with Gasteiger partial charge < -0.3 is 14.8 Å². The van der Waals surface area contributed by atoms with Crippen LogP contribution >= 0.6 is 0 Å². The highest BCUT2D eigenvalue weighted by Crippen LogP contribution is 2.28. The molecule has 4 atom stereocenters. The molecule has 0 aromatic heterocycles. The lowest BCUT2D eigenvalue weighted by molar-refractivity contribution is -0.156. The lowest BCUT2D eigenvalue weighted by atomic mass is 9.99. The van der Waals surface area contributed by atoms with Crippen LogP contribution in [0.3, 0.4) is 0 Å². The predicted molar refractivity (Wildman–Crippen MR) is 63.6 cm³/mol. The summed E-state index contributed by atoms with van der Waals surface area (Å²) in [5, 5.41) is 3.17. The Morgan fingerprint density at radius 2 is 2.22 bits per heavy atom. The summed E-state index contributed by atoms with van der Waals surface area (Å²) in [6.07, 6.45) is -0.703. The average molecular weight is 256 g/mol. The van der Waals surface area contributed by atoms with Gasteiger partial charge in [-0.1, -0.05) is 13.8 Å². The number of carbonyl (C=O) groups excluding carboxylic acids is 2. The lowest BCUT2D eigenvalue weighted by Gasteiger charge is -2.37. The predicted octanol–water partition coefficient (Wildman–Crippen LogP) is -0.271. The van der Waals surface area contributed by atoms with E-state index in [1.165, 1.54) is 12.0 Å². The summed E-state index contributed by atoms with van der Waals surface area (Å²) >= 11 is 0. The van der Waals surface area contributed by atoms with Gasteiger partial charge in [-0.2, -0.15) is 0 Å². The number of rotatable bonds is 2. The van der Waals surface area contributed by atoms with Crippen LogP contribution in [0.25, 0.3) is 0 Å². The highest BCUT2D eigenvalue weighted by molar-refractivity contribution is 5.89. The topological polar surface area (TPSA) is 67.9 Å². The first-order valence-electron chi connectivity index (χ1n) is 6.26. The molecular formula is C12H20N2O4. The number of ether oxygens (including phenoxy) is 2. The monoisotopic (exact) mass is 256 g/mol. The van der Waals surface area contributed by atoms with Gasteiger partial charge in [0.1, 0.15) is 6.23 Å². The van der Waals surface area contributed by atoms with Crippen molar-refractivity contribution in [3.8, 4) is 0 Å². The van der Waals surface area contributed by atoms with Crippen LogP contribution in [0.2, 0.25) is 0 Å². The smallest absolute Gasteiger partial charge is 0.331 e. The molecule has 2 saturated heterocycles. The Kier molecular flexibility index (Phi) is 3.59. The molecule has 2 heterocycles. The van der Waals surface area contributed by atoms with Crippen LogP contribution in [0.15, 0.2) is 0 Å². The number of piperazine rings is 1. The number of hydrogen-bond acceptors (Lipinski definition) is 5. The SMILES string of the molecule is COC(=O)[C@@H]1[C@@H](C)O[C@H]2CN[C@@H](C(C)C)C(=O)N21. The molecule has 2 aliphatic rings. The van der Waals surface area contributed by atoms with Crippen molar-refractivity contribution in [2.75, 3.05) is 13.7 Å². The summed E-state index contributed by atoms with van der Waals surface area (Å²) in [6.45, 7) is 6.29. The molecule has 1 N–H and O–H groups in total. The van der Waals surface area contributed by atoms with E-state index in [4.69, 9.17) is 9.47 Å². The Balaban J connectivity index is 2.24. The molecule has 0 aromatic rings. The fourth-order valence-electron chi connectivity index (χ4n) is 2.64. The molecule has 6 heteroatoms. The van der Waals surface area contributed by atoms with Crippen molar-refractivity contribution in [1.82, 2.24) is 10.2 Å². The summed E-state index contributed by atoms with van der Waals surface area (Å²) in [5.41, 5.74) is 0. The highest BCUT2D eigenvalue weighted by atomic mass is 16.6. The highest BCUT2D eigenvalue weighted by Gasteiger charge is 2.51. The standard InChI is InChI=1S/C12H20N2O4/c1-6(2)9-11(15)14-8(5-13-9)18-7(3)10(14)12(16)17-4/h6-10,13H,5H2,1-4H3/t7-,8+,9+,10+/m1/s1. The first kappa shape index (κ1) is 13.3. The number of amides is 1. The quantitative estimate of drug-likeness (QED) is 0.689. The van der Waals surface area contributed by atoms with Crippen molar-refractivity contribution >= 4 is 11.9 Å². The van der Waals surface area contributed by atoms with Gasteiger partial charge in [0.25, 0.3) is 0 Å². The van der Waals surface area contributed by atoms with Crippen molar-refractivity contribution in [3.05, 3.63) is 0 Å². The molecule has 0 radical (unpaired) electrons. The van der Waals surface area contributed by atoms with Crippen LogP contribution in [0, 0.1) is 5.92 Å². The second kappa shape index (κ2) is 4.85. The first-order valence-corrected chi connectivity index (χ1v) is 6.26. The van der Waals surface area contributed by atoms with Crippen molar-refractivity contribution in [1.29, 1.82) is 0 Å². The Morgan fingerprint density at radius 3 is 2.78 bits per heavy atom. The third-order valence-corrected chi connectivity index (χ3v) is 3.57. The van der Waals surface area contributed by atoms with Crippen LogP contribution in [0.5, 0.6) is 0 Å². The van der Waals surface area contributed by atoms with Gasteiger partial charge in [0.2, 0.25) is 5.91 Å². The molecule has 102 valence electrons. The van der Waals surface area contributed by atoms with Crippen molar-refractivity contribution < 1.29 is 19.1 Å². The fourth-order valence-corrected chi connectivity index (χ4v) is 2.64. The number of nitrogens with zero attached hydrogens (tertiary/aromatic N) is 1. The van der Waals surface area contributed by atoms with E-state index in [9.17, 15) is 9.59 Å². The minimum Gasteiger partial charge on any atom is -0.467 e. The van der Waals surface area contributed by atoms with Gasteiger partial charge in [-0.3, -0.25) is 9.69 Å². The van der Waals surface area contributed by atoms with Crippen molar-refractivity contribution in [2.45, 2.75) is 45.2 Å². The van der Waals surface area contributed by atoms with E-state index in [2.05, 4.69) is 5.32 Å². The maximum absolute atomic E-state index is 12.4. The molecule has 2 aliphatic heterocycles. The van der Waals surface area contributed by atoms with Crippen LogP contribution in [0.4, 0.5) is 0 Å². The van der Waals surface area contributed by atoms with Gasteiger partial charge in [-0.25, -0.2) is 4.79 Å². The van der Waals surface area contributed by atoms with Crippen LogP contribution in [-0.2, 0) is 19.1 Å². The zero-order valence-electron chi connectivity index (χ0n) is 11.2. The third kappa shape index (κ3) is 1.99. The minimum atomic E-state index is -0.629. The van der Waals surface area contributed by atoms with Crippen LogP contribution in [-0.4, -0.2) is 54.8 Å².